The highest BCUT2D eigenvalue weighted by atomic mass is 35.5. The van der Waals surface area contributed by atoms with Gasteiger partial charge in [-0.15, -0.1) is 0 Å². The number of hydrogen-bond acceptors (Lipinski definition) is 4. The van der Waals surface area contributed by atoms with Crippen LogP contribution < -0.4 is 4.90 Å². The van der Waals surface area contributed by atoms with Crippen molar-refractivity contribution >= 4 is 28.9 Å². The molecule has 7 heteroatoms. The molecule has 0 aromatic heterocycles. The van der Waals surface area contributed by atoms with E-state index in [9.17, 15) is 20.0 Å². The summed E-state index contributed by atoms with van der Waals surface area (Å²) in [6, 6.07) is 2.50. The molecule has 0 aliphatic carbocycles. The second kappa shape index (κ2) is 5.89. The first kappa shape index (κ1) is 15.6. The molecule has 0 bridgehead atoms. The molecular weight excluding hydrogens is 296 g/mol. The molecule has 1 aliphatic heterocycles. The fourth-order valence-electron chi connectivity index (χ4n) is 2.91. The minimum atomic E-state index is -1.20. The number of non-ortho nitro benzene ring substituents is 1. The topological polar surface area (TPSA) is 83.7 Å². The van der Waals surface area contributed by atoms with E-state index in [1.807, 2.05) is 4.90 Å². The van der Waals surface area contributed by atoms with Crippen LogP contribution in [-0.2, 0) is 0 Å². The van der Waals surface area contributed by atoms with E-state index in [0.29, 0.717) is 18.2 Å². The number of benzene rings is 1. The summed E-state index contributed by atoms with van der Waals surface area (Å²) in [4.78, 5) is 23.7. The van der Waals surface area contributed by atoms with Crippen molar-refractivity contribution < 1.29 is 14.8 Å². The molecule has 1 fully saturated rings. The molecule has 1 heterocycles. The van der Waals surface area contributed by atoms with Gasteiger partial charge in [-0.25, -0.2) is 4.79 Å². The molecule has 114 valence electrons. The molecule has 1 aliphatic rings. The number of carboxylic acid groups (broad SMARTS) is 1. The quantitative estimate of drug-likeness (QED) is 0.678. The lowest BCUT2D eigenvalue weighted by molar-refractivity contribution is -0.384. The van der Waals surface area contributed by atoms with Crippen LogP contribution in [0.15, 0.2) is 12.1 Å². The molecule has 2 rings (SSSR count). The number of halogens is 1. The molecule has 1 unspecified atom stereocenters. The maximum Gasteiger partial charge on any atom is 0.338 e. The zero-order valence-corrected chi connectivity index (χ0v) is 12.6. The van der Waals surface area contributed by atoms with Gasteiger partial charge < -0.3 is 10.0 Å². The van der Waals surface area contributed by atoms with Crippen molar-refractivity contribution in [1.29, 1.82) is 0 Å². The molecule has 1 aromatic carbocycles. The van der Waals surface area contributed by atoms with Gasteiger partial charge in [0.05, 0.1) is 21.2 Å². The van der Waals surface area contributed by atoms with Gasteiger partial charge in [-0.1, -0.05) is 25.4 Å². The monoisotopic (exact) mass is 312 g/mol. The van der Waals surface area contributed by atoms with Crippen molar-refractivity contribution in [3.05, 3.63) is 32.8 Å². The smallest absolute Gasteiger partial charge is 0.338 e. The Morgan fingerprint density at radius 2 is 2.19 bits per heavy atom. The third-order valence-corrected chi connectivity index (χ3v) is 4.13. The number of hydrogen-bond donors (Lipinski definition) is 1. The Balaban J connectivity index is 2.57. The summed E-state index contributed by atoms with van der Waals surface area (Å²) in [5.41, 5.74) is -0.0193. The minimum Gasteiger partial charge on any atom is -0.478 e. The minimum absolute atomic E-state index is 0.109. The number of nitro benzene ring substituents is 1. The largest absolute Gasteiger partial charge is 0.478 e. The maximum atomic E-state index is 11.5. The summed E-state index contributed by atoms with van der Waals surface area (Å²) in [7, 11) is 0. The van der Waals surface area contributed by atoms with Gasteiger partial charge in [0.25, 0.3) is 5.69 Å². The fourth-order valence-corrected chi connectivity index (χ4v) is 3.23. The third kappa shape index (κ3) is 2.95. The Morgan fingerprint density at radius 1 is 1.52 bits per heavy atom. The van der Waals surface area contributed by atoms with E-state index in [1.165, 1.54) is 6.07 Å². The molecule has 1 saturated heterocycles. The van der Waals surface area contributed by atoms with Crippen molar-refractivity contribution in [2.45, 2.75) is 32.7 Å². The molecule has 6 nitrogen and oxygen atoms in total. The van der Waals surface area contributed by atoms with Crippen LogP contribution in [0.1, 0.15) is 37.0 Å². The molecule has 1 atom stereocenters. The van der Waals surface area contributed by atoms with Crippen molar-refractivity contribution in [3.63, 3.8) is 0 Å². The van der Waals surface area contributed by atoms with Crippen LogP contribution in [-0.4, -0.2) is 28.6 Å². The highest BCUT2D eigenvalue weighted by Gasteiger charge is 2.32. The van der Waals surface area contributed by atoms with Crippen LogP contribution in [0.2, 0.25) is 5.02 Å². The van der Waals surface area contributed by atoms with Gasteiger partial charge in [0.15, 0.2) is 0 Å². The first-order chi connectivity index (χ1) is 9.82. The van der Waals surface area contributed by atoms with Gasteiger partial charge in [0.1, 0.15) is 0 Å². The highest BCUT2D eigenvalue weighted by Crippen LogP contribution is 2.39. The van der Waals surface area contributed by atoms with Crippen LogP contribution in [0.25, 0.3) is 0 Å². The van der Waals surface area contributed by atoms with Gasteiger partial charge in [-0.3, -0.25) is 10.1 Å². The SMILES string of the molecule is CC(C)C1CCCN1c1c(Cl)cc([N+](=O)[O-])cc1C(=O)O. The molecule has 0 spiro atoms. The lowest BCUT2D eigenvalue weighted by Crippen LogP contribution is -2.34. The second-order valence-electron chi connectivity index (χ2n) is 5.53. The lowest BCUT2D eigenvalue weighted by Gasteiger charge is -2.31. The number of anilines is 1. The Morgan fingerprint density at radius 3 is 2.71 bits per heavy atom. The van der Waals surface area contributed by atoms with Crippen molar-refractivity contribution in [1.82, 2.24) is 0 Å². The van der Waals surface area contributed by atoms with Gasteiger partial charge in [0, 0.05) is 24.7 Å². The van der Waals surface area contributed by atoms with Crippen molar-refractivity contribution in [2.24, 2.45) is 5.92 Å². The molecule has 1 N–H and O–H groups in total. The molecular formula is C14H17ClN2O4. The van der Waals surface area contributed by atoms with Crippen molar-refractivity contribution in [2.75, 3.05) is 11.4 Å². The predicted octanol–water partition coefficient (Wildman–Crippen LogP) is 3.57. The number of rotatable bonds is 4. The van der Waals surface area contributed by atoms with E-state index in [-0.39, 0.29) is 22.3 Å². The Labute approximate surface area is 127 Å². The molecule has 0 amide bonds. The molecule has 0 saturated carbocycles. The summed E-state index contributed by atoms with van der Waals surface area (Å²) in [6.45, 7) is 4.85. The molecule has 1 aromatic rings. The normalized spacial score (nSPS) is 18.3. The first-order valence-corrected chi connectivity index (χ1v) is 7.18. The molecule has 0 radical (unpaired) electrons. The second-order valence-corrected chi connectivity index (χ2v) is 5.94. The Kier molecular flexibility index (Phi) is 4.37. The van der Waals surface area contributed by atoms with Gasteiger partial charge >= 0.3 is 5.97 Å². The Hall–Kier alpha value is -1.82. The summed E-state index contributed by atoms with van der Waals surface area (Å²) < 4.78 is 0. The standard InChI is InChI=1S/C14H17ClN2O4/c1-8(2)12-4-3-5-16(12)13-10(14(18)19)6-9(17(20)21)7-11(13)15/h6-8,12H,3-5H2,1-2H3,(H,18,19). The highest BCUT2D eigenvalue weighted by molar-refractivity contribution is 6.34. The van der Waals surface area contributed by atoms with E-state index in [1.54, 1.807) is 0 Å². The summed E-state index contributed by atoms with van der Waals surface area (Å²) >= 11 is 6.16. The van der Waals surface area contributed by atoms with E-state index < -0.39 is 10.9 Å². The van der Waals surface area contributed by atoms with Crippen LogP contribution in [0.4, 0.5) is 11.4 Å². The van der Waals surface area contributed by atoms with Crippen LogP contribution in [0.3, 0.4) is 0 Å². The number of carboxylic acids is 1. The van der Waals surface area contributed by atoms with Gasteiger partial charge in [0.2, 0.25) is 0 Å². The summed E-state index contributed by atoms with van der Waals surface area (Å²) in [5, 5.41) is 20.4. The number of aromatic carboxylic acids is 1. The van der Waals surface area contributed by atoms with E-state index in [2.05, 4.69) is 13.8 Å². The average Bonchev–Trinajstić information content (AvgIpc) is 2.86. The first-order valence-electron chi connectivity index (χ1n) is 6.80. The van der Waals surface area contributed by atoms with E-state index in [0.717, 1.165) is 18.9 Å². The number of nitrogens with zero attached hydrogens (tertiary/aromatic N) is 2. The van der Waals surface area contributed by atoms with Crippen LogP contribution in [0, 0.1) is 16.0 Å². The van der Waals surface area contributed by atoms with Crippen LogP contribution in [0.5, 0.6) is 0 Å². The lowest BCUT2D eigenvalue weighted by atomic mass is 10.0. The fraction of sp³-hybridized carbons (Fsp3) is 0.500. The number of nitro groups is 1. The van der Waals surface area contributed by atoms with Gasteiger partial charge in [-0.2, -0.15) is 0 Å². The molecule has 21 heavy (non-hydrogen) atoms. The van der Waals surface area contributed by atoms with Crippen molar-refractivity contribution in [3.8, 4) is 0 Å². The van der Waals surface area contributed by atoms with E-state index >= 15 is 0 Å². The van der Waals surface area contributed by atoms with Crippen LogP contribution >= 0.6 is 11.6 Å². The predicted molar refractivity (Wildman–Crippen MR) is 80.3 cm³/mol. The maximum absolute atomic E-state index is 11.5. The summed E-state index contributed by atoms with van der Waals surface area (Å²) in [6.07, 6.45) is 1.92. The zero-order valence-electron chi connectivity index (χ0n) is 11.9. The summed E-state index contributed by atoms with van der Waals surface area (Å²) in [5.74, 6) is -0.856. The number of carbonyl (C=O) groups is 1. The average molecular weight is 313 g/mol. The zero-order chi connectivity index (χ0) is 15.7. The Bertz CT molecular complexity index is 589. The third-order valence-electron chi connectivity index (χ3n) is 3.85. The van der Waals surface area contributed by atoms with Gasteiger partial charge in [-0.05, 0) is 18.8 Å². The van der Waals surface area contributed by atoms with E-state index in [4.69, 9.17) is 11.6 Å².